The lowest BCUT2D eigenvalue weighted by Gasteiger charge is -2.27. The van der Waals surface area contributed by atoms with Crippen molar-refractivity contribution in [2.75, 3.05) is 20.2 Å². The number of piperidine rings is 1. The Bertz CT molecular complexity index is 456. The Kier molecular flexibility index (Phi) is 4.91. The summed E-state index contributed by atoms with van der Waals surface area (Å²) in [5, 5.41) is 0.661. The van der Waals surface area contributed by atoms with Crippen LogP contribution in [0.1, 0.15) is 24.8 Å². The zero-order valence-corrected chi connectivity index (χ0v) is 12.0. The number of nitrogens with zero attached hydrogens (tertiary/aromatic N) is 2. The van der Waals surface area contributed by atoms with E-state index in [1.54, 1.807) is 13.2 Å². The Balaban J connectivity index is 2.04. The quantitative estimate of drug-likeness (QED) is 0.684. The fraction of sp³-hybridized carbons (Fsp3) is 0.500. The molecular weight excluding hydrogens is 262 g/mol. The molecule has 1 aliphatic heterocycles. The van der Waals surface area contributed by atoms with E-state index in [0.717, 1.165) is 24.4 Å². The van der Waals surface area contributed by atoms with Gasteiger partial charge >= 0.3 is 0 Å². The monoisotopic (exact) mass is 281 g/mol. The highest BCUT2D eigenvalue weighted by Gasteiger charge is 2.12. The van der Waals surface area contributed by atoms with Crippen molar-refractivity contribution in [2.45, 2.75) is 25.8 Å². The van der Waals surface area contributed by atoms with Gasteiger partial charge in [-0.3, -0.25) is 0 Å². The van der Waals surface area contributed by atoms with E-state index < -0.39 is 0 Å². The summed E-state index contributed by atoms with van der Waals surface area (Å²) >= 11 is 5.93. The third-order valence-electron chi connectivity index (χ3n) is 3.34. The predicted octanol–water partition coefficient (Wildman–Crippen LogP) is 2.65. The number of aliphatic imine (C=N–C) groups is 1. The Labute approximate surface area is 119 Å². The van der Waals surface area contributed by atoms with Crippen LogP contribution in [0.2, 0.25) is 5.02 Å². The Morgan fingerprint density at radius 2 is 2.11 bits per heavy atom. The molecule has 0 radical (unpaired) electrons. The molecule has 1 heterocycles. The number of rotatable bonds is 3. The number of halogens is 1. The van der Waals surface area contributed by atoms with E-state index in [1.807, 2.05) is 12.1 Å². The molecule has 19 heavy (non-hydrogen) atoms. The average Bonchev–Trinajstić information content (AvgIpc) is 2.46. The molecule has 0 bridgehead atoms. The first kappa shape index (κ1) is 14.0. The molecule has 0 aliphatic carbocycles. The topological polar surface area (TPSA) is 50.9 Å². The number of methoxy groups -OCH3 is 1. The molecule has 1 aromatic rings. The molecule has 1 aromatic carbocycles. The molecule has 5 heteroatoms. The predicted molar refractivity (Wildman–Crippen MR) is 78.8 cm³/mol. The number of hydrogen-bond donors (Lipinski definition) is 1. The molecule has 0 saturated carbocycles. The lowest BCUT2D eigenvalue weighted by molar-refractivity contribution is 0.338. The molecule has 0 atom stereocenters. The van der Waals surface area contributed by atoms with Gasteiger partial charge in [-0.15, -0.1) is 0 Å². The Hall–Kier alpha value is -1.42. The van der Waals surface area contributed by atoms with Gasteiger partial charge in [-0.2, -0.15) is 0 Å². The number of benzene rings is 1. The van der Waals surface area contributed by atoms with Crippen molar-refractivity contribution in [2.24, 2.45) is 10.7 Å². The molecule has 4 nitrogen and oxygen atoms in total. The van der Waals surface area contributed by atoms with Crippen LogP contribution in [-0.4, -0.2) is 31.1 Å². The van der Waals surface area contributed by atoms with Gasteiger partial charge in [0.15, 0.2) is 5.96 Å². The van der Waals surface area contributed by atoms with Gasteiger partial charge in [0, 0.05) is 23.7 Å². The smallest absolute Gasteiger partial charge is 0.191 e. The summed E-state index contributed by atoms with van der Waals surface area (Å²) in [7, 11) is 1.63. The first-order valence-electron chi connectivity index (χ1n) is 6.58. The Morgan fingerprint density at radius 1 is 1.37 bits per heavy atom. The molecule has 0 spiro atoms. The van der Waals surface area contributed by atoms with Crippen molar-refractivity contribution >= 4 is 17.6 Å². The van der Waals surface area contributed by atoms with Crippen molar-refractivity contribution in [3.63, 3.8) is 0 Å². The molecular formula is C14H20ClN3O. The number of nitrogens with two attached hydrogens (primary N) is 1. The van der Waals surface area contributed by atoms with Crippen LogP contribution < -0.4 is 10.5 Å². The van der Waals surface area contributed by atoms with E-state index in [9.17, 15) is 0 Å². The van der Waals surface area contributed by atoms with Gasteiger partial charge < -0.3 is 15.4 Å². The summed E-state index contributed by atoms with van der Waals surface area (Å²) in [6.07, 6.45) is 3.68. The second-order valence-corrected chi connectivity index (χ2v) is 5.11. The zero-order chi connectivity index (χ0) is 13.7. The van der Waals surface area contributed by atoms with E-state index in [4.69, 9.17) is 22.1 Å². The highest BCUT2D eigenvalue weighted by molar-refractivity contribution is 6.30. The summed E-state index contributed by atoms with van der Waals surface area (Å²) in [6, 6.07) is 5.56. The van der Waals surface area contributed by atoms with E-state index >= 15 is 0 Å². The number of guanidine groups is 1. The maximum absolute atomic E-state index is 6.03. The van der Waals surface area contributed by atoms with Gasteiger partial charge in [-0.25, -0.2) is 4.99 Å². The van der Waals surface area contributed by atoms with E-state index in [0.29, 0.717) is 17.5 Å². The van der Waals surface area contributed by atoms with Gasteiger partial charge in [0.1, 0.15) is 5.75 Å². The molecule has 1 aliphatic rings. The van der Waals surface area contributed by atoms with Crippen molar-refractivity contribution < 1.29 is 4.74 Å². The lowest BCUT2D eigenvalue weighted by atomic mass is 10.1. The molecule has 0 amide bonds. The van der Waals surface area contributed by atoms with Gasteiger partial charge in [-0.05, 0) is 31.4 Å². The van der Waals surface area contributed by atoms with Crippen LogP contribution in [-0.2, 0) is 6.54 Å². The molecule has 2 N–H and O–H groups in total. The summed E-state index contributed by atoms with van der Waals surface area (Å²) in [6.45, 7) is 2.53. The van der Waals surface area contributed by atoms with Gasteiger partial charge in [0.05, 0.1) is 13.7 Å². The second-order valence-electron chi connectivity index (χ2n) is 4.68. The fourth-order valence-electron chi connectivity index (χ4n) is 2.24. The summed E-state index contributed by atoms with van der Waals surface area (Å²) in [5.74, 6) is 1.37. The maximum atomic E-state index is 6.03. The average molecular weight is 282 g/mol. The largest absolute Gasteiger partial charge is 0.496 e. The number of hydrogen-bond acceptors (Lipinski definition) is 2. The first-order chi connectivity index (χ1) is 9.20. The number of likely N-dealkylation sites (tertiary alicyclic amines) is 1. The second kappa shape index (κ2) is 6.66. The first-order valence-corrected chi connectivity index (χ1v) is 6.96. The minimum Gasteiger partial charge on any atom is -0.496 e. The molecule has 104 valence electrons. The third-order valence-corrected chi connectivity index (χ3v) is 3.58. The molecule has 0 aromatic heterocycles. The minimum absolute atomic E-state index is 0.517. The van der Waals surface area contributed by atoms with Gasteiger partial charge in [0.2, 0.25) is 0 Å². The number of ether oxygens (including phenoxy) is 1. The SMILES string of the molecule is COc1cc(Cl)ccc1CN=C(N)N1CCCCC1. The van der Waals surface area contributed by atoms with E-state index in [1.165, 1.54) is 19.3 Å². The van der Waals surface area contributed by atoms with Crippen LogP contribution in [0, 0.1) is 0 Å². The van der Waals surface area contributed by atoms with Gasteiger partial charge in [-0.1, -0.05) is 17.7 Å². The third kappa shape index (κ3) is 3.77. The molecule has 1 saturated heterocycles. The zero-order valence-electron chi connectivity index (χ0n) is 11.2. The van der Waals surface area contributed by atoms with Crippen LogP contribution in [0.5, 0.6) is 5.75 Å². The normalized spacial score (nSPS) is 16.5. The van der Waals surface area contributed by atoms with Crippen molar-refractivity contribution in [3.05, 3.63) is 28.8 Å². The Morgan fingerprint density at radius 3 is 2.79 bits per heavy atom. The summed E-state index contributed by atoms with van der Waals surface area (Å²) in [5.41, 5.74) is 7.02. The standard InChI is InChI=1S/C14H20ClN3O/c1-19-13-9-12(15)6-5-11(13)10-17-14(16)18-7-3-2-4-8-18/h5-6,9H,2-4,7-8,10H2,1H3,(H2,16,17). The molecule has 2 rings (SSSR count). The minimum atomic E-state index is 0.517. The highest BCUT2D eigenvalue weighted by Crippen LogP contribution is 2.23. The van der Waals surface area contributed by atoms with Crippen LogP contribution >= 0.6 is 11.6 Å². The highest BCUT2D eigenvalue weighted by atomic mass is 35.5. The van der Waals surface area contributed by atoms with E-state index in [-0.39, 0.29) is 0 Å². The van der Waals surface area contributed by atoms with Crippen molar-refractivity contribution in [1.82, 2.24) is 4.90 Å². The van der Waals surface area contributed by atoms with Crippen molar-refractivity contribution in [3.8, 4) is 5.75 Å². The molecule has 1 fully saturated rings. The summed E-state index contributed by atoms with van der Waals surface area (Å²) < 4.78 is 5.30. The fourth-order valence-corrected chi connectivity index (χ4v) is 2.40. The van der Waals surface area contributed by atoms with Crippen molar-refractivity contribution in [1.29, 1.82) is 0 Å². The summed E-state index contributed by atoms with van der Waals surface area (Å²) in [4.78, 5) is 6.60. The van der Waals surface area contributed by atoms with E-state index in [2.05, 4.69) is 9.89 Å². The van der Waals surface area contributed by atoms with Crippen LogP contribution in [0.3, 0.4) is 0 Å². The molecule has 0 unspecified atom stereocenters. The van der Waals surface area contributed by atoms with Gasteiger partial charge in [0.25, 0.3) is 0 Å². The maximum Gasteiger partial charge on any atom is 0.191 e. The van der Waals surface area contributed by atoms with Crippen LogP contribution in [0.25, 0.3) is 0 Å². The van der Waals surface area contributed by atoms with Crippen LogP contribution in [0.4, 0.5) is 0 Å². The van der Waals surface area contributed by atoms with Crippen LogP contribution in [0.15, 0.2) is 23.2 Å². The lowest BCUT2D eigenvalue weighted by Crippen LogP contribution is -2.40.